The molecule has 0 unspecified atom stereocenters. The summed E-state index contributed by atoms with van der Waals surface area (Å²) in [4.78, 5) is 13.7. The molecule has 3 heteroatoms. The number of nitrogen functional groups attached to an aromatic ring is 1. The van der Waals surface area contributed by atoms with Crippen molar-refractivity contribution in [2.45, 2.75) is 20.3 Å². The van der Waals surface area contributed by atoms with Gasteiger partial charge >= 0.3 is 0 Å². The number of hydrogen-bond acceptors (Lipinski definition) is 2. The van der Waals surface area contributed by atoms with Gasteiger partial charge < -0.3 is 10.6 Å². The van der Waals surface area contributed by atoms with Crippen molar-refractivity contribution < 1.29 is 4.79 Å². The minimum Gasteiger partial charge on any atom is -0.399 e. The van der Waals surface area contributed by atoms with E-state index in [9.17, 15) is 4.79 Å². The first kappa shape index (κ1) is 12.6. The molecule has 0 atom stereocenters. The molecule has 0 aromatic heterocycles. The summed E-state index contributed by atoms with van der Waals surface area (Å²) in [5.74, 6) is 0.669. The summed E-state index contributed by atoms with van der Waals surface area (Å²) in [6.45, 7) is 5.10. The van der Waals surface area contributed by atoms with E-state index < -0.39 is 0 Å². The molecule has 0 aliphatic carbocycles. The van der Waals surface area contributed by atoms with Gasteiger partial charge in [0.2, 0.25) is 0 Å². The summed E-state index contributed by atoms with van der Waals surface area (Å²) < 4.78 is 0. The van der Waals surface area contributed by atoms with Crippen LogP contribution < -0.4 is 5.73 Å². The van der Waals surface area contributed by atoms with Crippen molar-refractivity contribution in [2.75, 3.05) is 19.3 Å². The maximum absolute atomic E-state index is 12.0. The van der Waals surface area contributed by atoms with Crippen molar-refractivity contribution in [3.05, 3.63) is 29.8 Å². The topological polar surface area (TPSA) is 46.3 Å². The molecule has 1 amide bonds. The zero-order valence-corrected chi connectivity index (χ0v) is 10.2. The third-order valence-electron chi connectivity index (χ3n) is 2.55. The molecule has 16 heavy (non-hydrogen) atoms. The van der Waals surface area contributed by atoms with Gasteiger partial charge in [0.25, 0.3) is 5.91 Å². The third-order valence-corrected chi connectivity index (χ3v) is 2.55. The van der Waals surface area contributed by atoms with E-state index in [0.29, 0.717) is 17.2 Å². The first-order chi connectivity index (χ1) is 7.50. The van der Waals surface area contributed by atoms with Crippen molar-refractivity contribution >= 4 is 11.6 Å². The van der Waals surface area contributed by atoms with Crippen LogP contribution in [-0.4, -0.2) is 24.4 Å². The Labute approximate surface area is 97.2 Å². The van der Waals surface area contributed by atoms with Gasteiger partial charge in [0.05, 0.1) is 0 Å². The lowest BCUT2D eigenvalue weighted by atomic mass is 10.1. The SMILES string of the molecule is CC(C)CCN(C)C(=O)c1ccc(N)cc1. The van der Waals surface area contributed by atoms with Crippen LogP contribution in [0.3, 0.4) is 0 Å². The largest absolute Gasteiger partial charge is 0.399 e. The molecule has 0 saturated carbocycles. The van der Waals surface area contributed by atoms with Crippen LogP contribution in [0.4, 0.5) is 5.69 Å². The fraction of sp³-hybridized carbons (Fsp3) is 0.462. The van der Waals surface area contributed by atoms with Crippen molar-refractivity contribution in [3.63, 3.8) is 0 Å². The molecule has 0 heterocycles. The second-order valence-corrected chi connectivity index (χ2v) is 4.53. The molecule has 0 spiro atoms. The Bertz CT molecular complexity index is 343. The molecule has 0 radical (unpaired) electrons. The Kier molecular flexibility index (Phi) is 4.35. The van der Waals surface area contributed by atoms with Crippen molar-refractivity contribution in [1.29, 1.82) is 0 Å². The van der Waals surface area contributed by atoms with Gasteiger partial charge in [0.1, 0.15) is 0 Å². The highest BCUT2D eigenvalue weighted by Gasteiger charge is 2.11. The Morgan fingerprint density at radius 3 is 2.38 bits per heavy atom. The fourth-order valence-corrected chi connectivity index (χ4v) is 1.40. The van der Waals surface area contributed by atoms with Crippen molar-refractivity contribution in [1.82, 2.24) is 4.90 Å². The molecule has 88 valence electrons. The number of rotatable bonds is 4. The predicted molar refractivity (Wildman–Crippen MR) is 67.3 cm³/mol. The van der Waals surface area contributed by atoms with E-state index in [1.165, 1.54) is 0 Å². The molecule has 0 fully saturated rings. The van der Waals surface area contributed by atoms with Gasteiger partial charge in [0.15, 0.2) is 0 Å². The lowest BCUT2D eigenvalue weighted by molar-refractivity contribution is 0.0789. The smallest absolute Gasteiger partial charge is 0.253 e. The highest BCUT2D eigenvalue weighted by atomic mass is 16.2. The van der Waals surface area contributed by atoms with E-state index in [1.54, 1.807) is 29.2 Å². The Morgan fingerprint density at radius 1 is 1.31 bits per heavy atom. The predicted octanol–water partition coefficient (Wildman–Crippen LogP) is 2.39. The minimum atomic E-state index is 0.0562. The first-order valence-corrected chi connectivity index (χ1v) is 5.61. The van der Waals surface area contributed by atoms with Crippen LogP contribution in [0.1, 0.15) is 30.6 Å². The number of benzene rings is 1. The second-order valence-electron chi connectivity index (χ2n) is 4.53. The molecule has 0 saturated heterocycles. The molecule has 1 aromatic carbocycles. The maximum atomic E-state index is 12.0. The summed E-state index contributed by atoms with van der Waals surface area (Å²) in [5.41, 5.74) is 6.95. The van der Waals surface area contributed by atoms with Gasteiger partial charge in [-0.15, -0.1) is 0 Å². The summed E-state index contributed by atoms with van der Waals surface area (Å²) >= 11 is 0. The van der Waals surface area contributed by atoms with Gasteiger partial charge in [0, 0.05) is 24.8 Å². The molecule has 1 rings (SSSR count). The number of anilines is 1. The maximum Gasteiger partial charge on any atom is 0.253 e. The van der Waals surface area contributed by atoms with Crippen LogP contribution in [0.15, 0.2) is 24.3 Å². The first-order valence-electron chi connectivity index (χ1n) is 5.61. The van der Waals surface area contributed by atoms with E-state index in [4.69, 9.17) is 5.73 Å². The normalized spacial score (nSPS) is 10.5. The lowest BCUT2D eigenvalue weighted by Crippen LogP contribution is -2.28. The molecular weight excluding hydrogens is 200 g/mol. The van der Waals surface area contributed by atoms with Crippen molar-refractivity contribution in [3.8, 4) is 0 Å². The minimum absolute atomic E-state index is 0.0562. The van der Waals surface area contributed by atoms with Crippen LogP contribution in [0, 0.1) is 5.92 Å². The number of nitrogens with two attached hydrogens (primary N) is 1. The van der Waals surface area contributed by atoms with Crippen LogP contribution in [0.25, 0.3) is 0 Å². The molecule has 3 nitrogen and oxygen atoms in total. The molecule has 0 aliphatic rings. The Balaban J connectivity index is 2.60. The monoisotopic (exact) mass is 220 g/mol. The molecule has 1 aromatic rings. The number of hydrogen-bond donors (Lipinski definition) is 1. The van der Waals surface area contributed by atoms with E-state index in [-0.39, 0.29) is 5.91 Å². The summed E-state index contributed by atoms with van der Waals surface area (Å²) in [5, 5.41) is 0. The molecular formula is C13H20N2O. The average molecular weight is 220 g/mol. The van der Waals surface area contributed by atoms with Crippen LogP contribution in [0.5, 0.6) is 0 Å². The van der Waals surface area contributed by atoms with Gasteiger partial charge in [-0.1, -0.05) is 13.8 Å². The molecule has 0 bridgehead atoms. The van der Waals surface area contributed by atoms with Crippen LogP contribution in [-0.2, 0) is 0 Å². The average Bonchev–Trinajstić information content (AvgIpc) is 2.26. The van der Waals surface area contributed by atoms with Gasteiger partial charge in [-0.2, -0.15) is 0 Å². The molecule has 0 aliphatic heterocycles. The van der Waals surface area contributed by atoms with E-state index >= 15 is 0 Å². The zero-order valence-electron chi connectivity index (χ0n) is 10.2. The van der Waals surface area contributed by atoms with E-state index in [1.807, 2.05) is 7.05 Å². The second kappa shape index (κ2) is 5.54. The van der Waals surface area contributed by atoms with Crippen LogP contribution >= 0.6 is 0 Å². The number of carbonyl (C=O) groups is 1. The van der Waals surface area contributed by atoms with Gasteiger partial charge in [-0.25, -0.2) is 0 Å². The zero-order chi connectivity index (χ0) is 12.1. The highest BCUT2D eigenvalue weighted by Crippen LogP contribution is 2.09. The molecule has 2 N–H and O–H groups in total. The quantitative estimate of drug-likeness (QED) is 0.792. The fourth-order valence-electron chi connectivity index (χ4n) is 1.40. The standard InChI is InChI=1S/C13H20N2O/c1-10(2)8-9-15(3)13(16)11-4-6-12(14)7-5-11/h4-7,10H,8-9,14H2,1-3H3. The number of nitrogens with zero attached hydrogens (tertiary/aromatic N) is 1. The lowest BCUT2D eigenvalue weighted by Gasteiger charge is -2.18. The van der Waals surface area contributed by atoms with Gasteiger partial charge in [-0.05, 0) is 36.6 Å². The summed E-state index contributed by atoms with van der Waals surface area (Å²) in [7, 11) is 1.83. The van der Waals surface area contributed by atoms with Crippen LogP contribution in [0.2, 0.25) is 0 Å². The summed E-state index contributed by atoms with van der Waals surface area (Å²) in [6.07, 6.45) is 1.03. The highest BCUT2D eigenvalue weighted by molar-refractivity contribution is 5.94. The number of carbonyl (C=O) groups excluding carboxylic acids is 1. The third kappa shape index (κ3) is 3.57. The Hall–Kier alpha value is -1.51. The summed E-state index contributed by atoms with van der Waals surface area (Å²) in [6, 6.07) is 7.04. The van der Waals surface area contributed by atoms with E-state index in [0.717, 1.165) is 13.0 Å². The Morgan fingerprint density at radius 2 is 1.88 bits per heavy atom. The van der Waals surface area contributed by atoms with Gasteiger partial charge in [-0.3, -0.25) is 4.79 Å². The van der Waals surface area contributed by atoms with Crippen molar-refractivity contribution in [2.24, 2.45) is 5.92 Å². The number of amides is 1. The van der Waals surface area contributed by atoms with E-state index in [2.05, 4.69) is 13.8 Å².